The first kappa shape index (κ1) is 11.3. The lowest BCUT2D eigenvalue weighted by Crippen LogP contribution is -2.23. The largest absolute Gasteiger partial charge is 0.493 e. The van der Waals surface area contributed by atoms with Crippen LogP contribution in [-0.2, 0) is 6.42 Å². The first-order valence-corrected chi connectivity index (χ1v) is 6.36. The number of aromatic nitrogens is 3. The maximum absolute atomic E-state index is 5.81. The van der Waals surface area contributed by atoms with Crippen LogP contribution in [0, 0.1) is 0 Å². The minimum Gasteiger partial charge on any atom is -0.493 e. The highest BCUT2D eigenvalue weighted by Crippen LogP contribution is 2.31. The molecule has 1 atom stereocenters. The Bertz CT molecular complexity index is 547. The van der Waals surface area contributed by atoms with Crippen molar-refractivity contribution in [3.63, 3.8) is 0 Å². The topological polar surface area (TPSA) is 39.9 Å². The van der Waals surface area contributed by atoms with Crippen LogP contribution in [0.1, 0.15) is 37.2 Å². The predicted octanol–water partition coefficient (Wildman–Crippen LogP) is 2.58. The summed E-state index contributed by atoms with van der Waals surface area (Å²) >= 11 is 0. The Balaban J connectivity index is 1.90. The second-order valence-corrected chi connectivity index (χ2v) is 5.01. The first-order valence-electron chi connectivity index (χ1n) is 6.36. The van der Waals surface area contributed by atoms with Gasteiger partial charge in [0.15, 0.2) is 0 Å². The molecule has 0 fully saturated rings. The van der Waals surface area contributed by atoms with E-state index in [9.17, 15) is 0 Å². The van der Waals surface area contributed by atoms with Crippen molar-refractivity contribution in [3.05, 3.63) is 42.0 Å². The van der Waals surface area contributed by atoms with E-state index in [0.717, 1.165) is 18.0 Å². The van der Waals surface area contributed by atoms with Crippen LogP contribution in [0.3, 0.4) is 0 Å². The number of benzene rings is 1. The van der Waals surface area contributed by atoms with Gasteiger partial charge in [0.25, 0.3) is 0 Å². The van der Waals surface area contributed by atoms with Gasteiger partial charge in [0.1, 0.15) is 17.9 Å². The standard InChI is InChI=1S/C14H17N3O/c1-10(2)17-9-15-16-14(17)12-7-11-5-3-4-6-13(11)18-8-12/h3-6,9-10,12H,7-8H2,1-2H3. The molecular formula is C14H17N3O. The van der Waals surface area contributed by atoms with Crippen molar-refractivity contribution >= 4 is 0 Å². The first-order chi connectivity index (χ1) is 8.75. The van der Waals surface area contributed by atoms with Gasteiger partial charge in [-0.25, -0.2) is 0 Å². The molecule has 2 heterocycles. The van der Waals surface area contributed by atoms with E-state index in [1.54, 1.807) is 6.33 Å². The van der Waals surface area contributed by atoms with Crippen molar-refractivity contribution in [1.29, 1.82) is 0 Å². The third-order valence-corrected chi connectivity index (χ3v) is 3.40. The van der Waals surface area contributed by atoms with Crippen LogP contribution in [0.4, 0.5) is 0 Å². The van der Waals surface area contributed by atoms with Crippen molar-refractivity contribution in [2.45, 2.75) is 32.2 Å². The molecular weight excluding hydrogens is 226 g/mol. The summed E-state index contributed by atoms with van der Waals surface area (Å²) in [5, 5.41) is 8.30. The molecule has 1 aliphatic heterocycles. The van der Waals surface area contributed by atoms with Crippen molar-refractivity contribution in [3.8, 4) is 5.75 Å². The number of para-hydroxylation sites is 1. The van der Waals surface area contributed by atoms with Gasteiger partial charge in [0, 0.05) is 6.04 Å². The number of hydrogen-bond acceptors (Lipinski definition) is 3. The van der Waals surface area contributed by atoms with Crippen LogP contribution in [0.15, 0.2) is 30.6 Å². The third-order valence-electron chi connectivity index (χ3n) is 3.40. The molecule has 2 aromatic rings. The molecule has 0 bridgehead atoms. The lowest BCUT2D eigenvalue weighted by Gasteiger charge is -2.25. The summed E-state index contributed by atoms with van der Waals surface area (Å²) in [5.41, 5.74) is 1.26. The fraction of sp³-hybridized carbons (Fsp3) is 0.429. The van der Waals surface area contributed by atoms with E-state index in [4.69, 9.17) is 4.74 Å². The Labute approximate surface area is 107 Å². The monoisotopic (exact) mass is 243 g/mol. The van der Waals surface area contributed by atoms with Crippen LogP contribution >= 0.6 is 0 Å². The quantitative estimate of drug-likeness (QED) is 0.814. The van der Waals surface area contributed by atoms with E-state index in [0.29, 0.717) is 18.6 Å². The molecule has 0 radical (unpaired) electrons. The zero-order chi connectivity index (χ0) is 12.5. The smallest absolute Gasteiger partial charge is 0.139 e. The van der Waals surface area contributed by atoms with Crippen LogP contribution in [-0.4, -0.2) is 21.4 Å². The molecule has 18 heavy (non-hydrogen) atoms. The number of rotatable bonds is 2. The van der Waals surface area contributed by atoms with Crippen molar-refractivity contribution in [2.75, 3.05) is 6.61 Å². The Kier molecular flexibility index (Phi) is 2.78. The third kappa shape index (κ3) is 1.88. The second kappa shape index (κ2) is 4.44. The molecule has 0 saturated heterocycles. The van der Waals surface area contributed by atoms with Crippen LogP contribution < -0.4 is 4.74 Å². The highest BCUT2D eigenvalue weighted by atomic mass is 16.5. The molecule has 0 aliphatic carbocycles. The minimum atomic E-state index is 0.296. The maximum Gasteiger partial charge on any atom is 0.139 e. The summed E-state index contributed by atoms with van der Waals surface area (Å²) in [6, 6.07) is 8.59. The molecule has 1 aromatic heterocycles. The molecule has 1 aliphatic rings. The number of fused-ring (bicyclic) bond motifs is 1. The second-order valence-electron chi connectivity index (χ2n) is 5.01. The fourth-order valence-electron chi connectivity index (χ4n) is 2.44. The van der Waals surface area contributed by atoms with Gasteiger partial charge in [0.2, 0.25) is 0 Å². The van der Waals surface area contributed by atoms with E-state index in [1.165, 1.54) is 5.56 Å². The number of nitrogens with zero attached hydrogens (tertiary/aromatic N) is 3. The average Bonchev–Trinajstić information content (AvgIpc) is 2.87. The average molecular weight is 243 g/mol. The normalized spacial score (nSPS) is 18.5. The Morgan fingerprint density at radius 2 is 2.17 bits per heavy atom. The van der Waals surface area contributed by atoms with Crippen molar-refractivity contribution in [2.24, 2.45) is 0 Å². The van der Waals surface area contributed by atoms with E-state index in [-0.39, 0.29) is 0 Å². The van der Waals surface area contributed by atoms with Gasteiger partial charge < -0.3 is 9.30 Å². The van der Waals surface area contributed by atoms with Crippen molar-refractivity contribution < 1.29 is 4.74 Å². The van der Waals surface area contributed by atoms with Gasteiger partial charge in [-0.2, -0.15) is 0 Å². The molecule has 0 spiro atoms. The van der Waals surface area contributed by atoms with Gasteiger partial charge in [-0.05, 0) is 31.9 Å². The minimum absolute atomic E-state index is 0.296. The van der Waals surface area contributed by atoms with Gasteiger partial charge in [-0.15, -0.1) is 10.2 Å². The van der Waals surface area contributed by atoms with Crippen LogP contribution in [0.2, 0.25) is 0 Å². The van der Waals surface area contributed by atoms with Crippen molar-refractivity contribution in [1.82, 2.24) is 14.8 Å². The predicted molar refractivity (Wildman–Crippen MR) is 68.8 cm³/mol. The van der Waals surface area contributed by atoms with E-state index < -0.39 is 0 Å². The summed E-state index contributed by atoms with van der Waals surface area (Å²) < 4.78 is 7.94. The molecule has 1 unspecified atom stereocenters. The Morgan fingerprint density at radius 1 is 1.33 bits per heavy atom. The summed E-state index contributed by atoms with van der Waals surface area (Å²) in [5.74, 6) is 2.33. The van der Waals surface area contributed by atoms with Crippen LogP contribution in [0.25, 0.3) is 0 Å². The van der Waals surface area contributed by atoms with Crippen LogP contribution in [0.5, 0.6) is 5.75 Å². The van der Waals surface area contributed by atoms with Gasteiger partial charge in [-0.3, -0.25) is 0 Å². The molecule has 4 nitrogen and oxygen atoms in total. The Morgan fingerprint density at radius 3 is 3.00 bits per heavy atom. The molecule has 0 N–H and O–H groups in total. The maximum atomic E-state index is 5.81. The number of hydrogen-bond donors (Lipinski definition) is 0. The molecule has 4 heteroatoms. The zero-order valence-corrected chi connectivity index (χ0v) is 10.7. The molecule has 0 amide bonds. The molecule has 3 rings (SSSR count). The molecule has 1 aromatic carbocycles. The molecule has 0 saturated carbocycles. The number of ether oxygens (including phenoxy) is 1. The van der Waals surface area contributed by atoms with E-state index in [1.807, 2.05) is 12.1 Å². The fourth-order valence-corrected chi connectivity index (χ4v) is 2.44. The zero-order valence-electron chi connectivity index (χ0n) is 10.7. The van der Waals surface area contributed by atoms with Gasteiger partial charge >= 0.3 is 0 Å². The van der Waals surface area contributed by atoms with E-state index >= 15 is 0 Å². The SMILES string of the molecule is CC(C)n1cnnc1C1COc2ccccc2C1. The van der Waals surface area contributed by atoms with Gasteiger partial charge in [-0.1, -0.05) is 18.2 Å². The van der Waals surface area contributed by atoms with Gasteiger partial charge in [0.05, 0.1) is 12.5 Å². The molecule has 94 valence electrons. The summed E-state index contributed by atoms with van der Waals surface area (Å²) in [4.78, 5) is 0. The lowest BCUT2D eigenvalue weighted by molar-refractivity contribution is 0.253. The highest BCUT2D eigenvalue weighted by Gasteiger charge is 2.25. The summed E-state index contributed by atoms with van der Waals surface area (Å²) in [6.07, 6.45) is 2.78. The highest BCUT2D eigenvalue weighted by molar-refractivity contribution is 5.36. The van der Waals surface area contributed by atoms with E-state index in [2.05, 4.69) is 40.7 Å². The summed E-state index contributed by atoms with van der Waals surface area (Å²) in [6.45, 7) is 4.97. The Hall–Kier alpha value is -1.84. The lowest BCUT2D eigenvalue weighted by atomic mass is 9.96. The summed E-state index contributed by atoms with van der Waals surface area (Å²) in [7, 11) is 0.